The molecular weight excluding hydrogens is 384 g/mol. The van der Waals surface area contributed by atoms with E-state index in [1.807, 2.05) is 60.7 Å². The molecule has 0 saturated carbocycles. The van der Waals surface area contributed by atoms with E-state index in [1.54, 1.807) is 0 Å². The third-order valence-corrected chi connectivity index (χ3v) is 5.51. The van der Waals surface area contributed by atoms with Crippen molar-refractivity contribution in [2.75, 3.05) is 13.2 Å². The highest BCUT2D eigenvalue weighted by atomic mass is 16.5. The standard InChI is InChI=1S/C28H42O3/c1-3-5-8-20-28(22-24-30-26-18-11-7-12-19-26)31-27(15-4-2)21-13-14-23-29-25-16-9-6-10-17-25/h6-7,9-12,16-19,27-28H,3-5,8,13-15,20-24H2,1-2H3. The lowest BCUT2D eigenvalue weighted by molar-refractivity contribution is -0.0355. The predicted octanol–water partition coefficient (Wildman–Crippen LogP) is 7.84. The molecule has 31 heavy (non-hydrogen) atoms. The molecule has 0 aliphatic heterocycles. The van der Waals surface area contributed by atoms with Gasteiger partial charge in [0.1, 0.15) is 11.5 Å². The van der Waals surface area contributed by atoms with Gasteiger partial charge in [-0.2, -0.15) is 0 Å². The normalized spacial score (nSPS) is 13.0. The molecule has 0 heterocycles. The number of hydrogen-bond acceptors (Lipinski definition) is 3. The second-order valence-corrected chi connectivity index (χ2v) is 8.27. The second-order valence-electron chi connectivity index (χ2n) is 8.27. The van der Waals surface area contributed by atoms with Crippen LogP contribution in [0.5, 0.6) is 11.5 Å². The quantitative estimate of drug-likeness (QED) is 0.227. The summed E-state index contributed by atoms with van der Waals surface area (Å²) >= 11 is 0. The maximum Gasteiger partial charge on any atom is 0.119 e. The van der Waals surface area contributed by atoms with Crippen LogP contribution in [0.3, 0.4) is 0 Å². The number of rotatable bonds is 18. The van der Waals surface area contributed by atoms with Gasteiger partial charge in [0.2, 0.25) is 0 Å². The van der Waals surface area contributed by atoms with Crippen molar-refractivity contribution >= 4 is 0 Å². The van der Waals surface area contributed by atoms with Crippen LogP contribution in [-0.2, 0) is 4.74 Å². The fourth-order valence-electron chi connectivity index (χ4n) is 3.78. The Kier molecular flexibility index (Phi) is 13.6. The van der Waals surface area contributed by atoms with E-state index >= 15 is 0 Å². The van der Waals surface area contributed by atoms with Crippen molar-refractivity contribution in [2.24, 2.45) is 0 Å². The third-order valence-electron chi connectivity index (χ3n) is 5.51. The van der Waals surface area contributed by atoms with Crippen molar-refractivity contribution in [3.8, 4) is 11.5 Å². The molecule has 2 atom stereocenters. The van der Waals surface area contributed by atoms with Crippen molar-refractivity contribution in [1.29, 1.82) is 0 Å². The van der Waals surface area contributed by atoms with Crippen LogP contribution in [0.25, 0.3) is 0 Å². The van der Waals surface area contributed by atoms with Crippen molar-refractivity contribution < 1.29 is 14.2 Å². The van der Waals surface area contributed by atoms with Crippen molar-refractivity contribution in [3.05, 3.63) is 60.7 Å². The number of unbranched alkanes of at least 4 members (excludes halogenated alkanes) is 3. The molecule has 0 saturated heterocycles. The lowest BCUT2D eigenvalue weighted by Crippen LogP contribution is -2.24. The Hall–Kier alpha value is -2.00. The van der Waals surface area contributed by atoms with E-state index in [-0.39, 0.29) is 6.10 Å². The van der Waals surface area contributed by atoms with Crippen LogP contribution < -0.4 is 9.47 Å². The molecule has 0 aliphatic carbocycles. The SMILES string of the molecule is CCCCCC(CCOc1ccccc1)OC(CCC)CCCCOc1ccccc1. The van der Waals surface area contributed by atoms with E-state index < -0.39 is 0 Å². The van der Waals surface area contributed by atoms with Crippen LogP contribution in [-0.4, -0.2) is 25.4 Å². The first kappa shape index (κ1) is 25.3. The summed E-state index contributed by atoms with van der Waals surface area (Å²) in [6.45, 7) is 5.99. The first-order valence-electron chi connectivity index (χ1n) is 12.3. The van der Waals surface area contributed by atoms with E-state index in [0.29, 0.717) is 12.7 Å². The van der Waals surface area contributed by atoms with Gasteiger partial charge in [-0.1, -0.05) is 75.9 Å². The Bertz CT molecular complexity index is 644. The average molecular weight is 427 g/mol. The first-order chi connectivity index (χ1) is 15.3. The minimum atomic E-state index is 0.285. The topological polar surface area (TPSA) is 27.7 Å². The number of benzene rings is 2. The highest BCUT2D eigenvalue weighted by Crippen LogP contribution is 2.20. The molecule has 0 spiro atoms. The molecule has 0 bridgehead atoms. The van der Waals surface area contributed by atoms with Gasteiger partial charge in [0.15, 0.2) is 0 Å². The molecule has 172 valence electrons. The smallest absolute Gasteiger partial charge is 0.119 e. The number of ether oxygens (including phenoxy) is 3. The van der Waals surface area contributed by atoms with Crippen LogP contribution in [0.15, 0.2) is 60.7 Å². The number of para-hydroxylation sites is 2. The zero-order valence-electron chi connectivity index (χ0n) is 19.6. The van der Waals surface area contributed by atoms with Crippen molar-refractivity contribution in [3.63, 3.8) is 0 Å². The molecule has 0 aromatic heterocycles. The summed E-state index contributed by atoms with van der Waals surface area (Å²) in [4.78, 5) is 0. The molecule has 3 heteroatoms. The largest absolute Gasteiger partial charge is 0.494 e. The van der Waals surface area contributed by atoms with Gasteiger partial charge < -0.3 is 14.2 Å². The van der Waals surface area contributed by atoms with Crippen LogP contribution in [0.2, 0.25) is 0 Å². The molecule has 2 aromatic carbocycles. The summed E-state index contributed by atoms with van der Waals surface area (Å²) in [5.74, 6) is 1.90. The molecule has 0 fully saturated rings. The van der Waals surface area contributed by atoms with Gasteiger partial charge in [-0.25, -0.2) is 0 Å². The van der Waals surface area contributed by atoms with E-state index in [0.717, 1.165) is 63.1 Å². The molecule has 0 radical (unpaired) electrons. The molecular formula is C28H42O3. The van der Waals surface area contributed by atoms with E-state index in [1.165, 1.54) is 19.3 Å². The van der Waals surface area contributed by atoms with Gasteiger partial charge in [0.05, 0.1) is 25.4 Å². The van der Waals surface area contributed by atoms with Gasteiger partial charge in [-0.15, -0.1) is 0 Å². The lowest BCUT2D eigenvalue weighted by atomic mass is 10.0. The van der Waals surface area contributed by atoms with Crippen molar-refractivity contribution in [1.82, 2.24) is 0 Å². The third kappa shape index (κ3) is 11.8. The maximum atomic E-state index is 6.62. The van der Waals surface area contributed by atoms with Gasteiger partial charge in [-0.05, 0) is 56.4 Å². The summed E-state index contributed by atoms with van der Waals surface area (Å²) in [5.41, 5.74) is 0. The van der Waals surface area contributed by atoms with Crippen molar-refractivity contribution in [2.45, 2.75) is 90.3 Å². The zero-order valence-corrected chi connectivity index (χ0v) is 19.6. The first-order valence-corrected chi connectivity index (χ1v) is 12.3. The molecule has 0 amide bonds. The minimum absolute atomic E-state index is 0.285. The Balaban J connectivity index is 1.73. The molecule has 0 N–H and O–H groups in total. The van der Waals surface area contributed by atoms with Crippen LogP contribution in [0, 0.1) is 0 Å². The maximum absolute atomic E-state index is 6.62. The lowest BCUT2D eigenvalue weighted by Gasteiger charge is -2.25. The molecule has 3 nitrogen and oxygen atoms in total. The molecule has 2 aromatic rings. The summed E-state index contributed by atoms with van der Waals surface area (Å²) < 4.78 is 18.4. The van der Waals surface area contributed by atoms with E-state index in [9.17, 15) is 0 Å². The predicted molar refractivity (Wildman–Crippen MR) is 130 cm³/mol. The fourth-order valence-corrected chi connectivity index (χ4v) is 3.78. The number of hydrogen-bond donors (Lipinski definition) is 0. The van der Waals surface area contributed by atoms with Gasteiger partial charge in [0.25, 0.3) is 0 Å². The second kappa shape index (κ2) is 16.7. The Morgan fingerprint density at radius 1 is 0.548 bits per heavy atom. The highest BCUT2D eigenvalue weighted by molar-refractivity contribution is 5.21. The highest BCUT2D eigenvalue weighted by Gasteiger charge is 2.16. The summed E-state index contributed by atoms with van der Waals surface area (Å²) in [6.07, 6.45) is 12.1. The van der Waals surface area contributed by atoms with Gasteiger partial charge >= 0.3 is 0 Å². The van der Waals surface area contributed by atoms with Gasteiger partial charge in [0, 0.05) is 6.42 Å². The minimum Gasteiger partial charge on any atom is -0.494 e. The summed E-state index contributed by atoms with van der Waals surface area (Å²) in [6, 6.07) is 20.2. The zero-order chi connectivity index (χ0) is 22.0. The summed E-state index contributed by atoms with van der Waals surface area (Å²) in [5, 5.41) is 0. The monoisotopic (exact) mass is 426 g/mol. The molecule has 0 aliphatic rings. The molecule has 2 rings (SSSR count). The van der Waals surface area contributed by atoms with Crippen LogP contribution >= 0.6 is 0 Å². The van der Waals surface area contributed by atoms with E-state index in [2.05, 4.69) is 13.8 Å². The Morgan fingerprint density at radius 3 is 1.68 bits per heavy atom. The van der Waals surface area contributed by atoms with Crippen LogP contribution in [0.4, 0.5) is 0 Å². The fraction of sp³-hybridized carbons (Fsp3) is 0.571. The van der Waals surface area contributed by atoms with Gasteiger partial charge in [-0.3, -0.25) is 0 Å². The Morgan fingerprint density at radius 2 is 1.10 bits per heavy atom. The molecule has 2 unspecified atom stereocenters. The average Bonchev–Trinajstić information content (AvgIpc) is 2.80. The van der Waals surface area contributed by atoms with Crippen LogP contribution in [0.1, 0.15) is 78.1 Å². The Labute approximate surface area is 190 Å². The van der Waals surface area contributed by atoms with E-state index in [4.69, 9.17) is 14.2 Å². The summed E-state index contributed by atoms with van der Waals surface area (Å²) in [7, 11) is 0.